The molecule has 0 amide bonds. The van der Waals surface area contributed by atoms with Crippen molar-refractivity contribution in [1.29, 1.82) is 5.26 Å². The number of pyridine rings is 1. The Balaban J connectivity index is 2.70. The predicted octanol–water partition coefficient (Wildman–Crippen LogP) is 2.17. The summed E-state index contributed by atoms with van der Waals surface area (Å²) in [6.45, 7) is 4.08. The number of nitrogens with one attached hydrogen (secondary N) is 1. The first-order valence-corrected chi connectivity index (χ1v) is 5.92. The molecule has 96 valence electrons. The Labute approximate surface area is 106 Å². The van der Waals surface area contributed by atoms with Gasteiger partial charge in [-0.1, -0.05) is 13.3 Å². The fourth-order valence-electron chi connectivity index (χ4n) is 1.71. The maximum atomic E-state index is 11.0. The van der Waals surface area contributed by atoms with E-state index in [0.29, 0.717) is 24.3 Å². The second-order valence-electron chi connectivity index (χ2n) is 4.20. The minimum absolute atomic E-state index is 0.324. The van der Waals surface area contributed by atoms with E-state index in [-0.39, 0.29) is 0 Å². The third-order valence-corrected chi connectivity index (χ3v) is 2.60. The highest BCUT2D eigenvalue weighted by molar-refractivity contribution is 5.70. The third-order valence-electron chi connectivity index (χ3n) is 2.60. The molecule has 0 spiro atoms. The Morgan fingerprint density at radius 2 is 2.33 bits per heavy atom. The number of nitrogens with zero attached hydrogens (tertiary/aromatic N) is 2. The van der Waals surface area contributed by atoms with E-state index < -0.39 is 11.9 Å². The molecule has 1 aromatic heterocycles. The summed E-state index contributed by atoms with van der Waals surface area (Å²) in [6.07, 6.45) is 1.45. The van der Waals surface area contributed by atoms with Gasteiger partial charge in [0.25, 0.3) is 0 Å². The van der Waals surface area contributed by atoms with Crippen molar-refractivity contribution in [3.05, 3.63) is 23.4 Å². The molecule has 1 rings (SSSR count). The normalized spacial score (nSPS) is 11.6. The van der Waals surface area contributed by atoms with Crippen LogP contribution in [0.25, 0.3) is 0 Å². The molecule has 0 aliphatic heterocycles. The van der Waals surface area contributed by atoms with Crippen molar-refractivity contribution in [3.8, 4) is 6.07 Å². The summed E-state index contributed by atoms with van der Waals surface area (Å²) in [5, 5.41) is 20.8. The minimum atomic E-state index is -0.808. The lowest BCUT2D eigenvalue weighted by Gasteiger charge is -2.13. The van der Waals surface area contributed by atoms with Crippen LogP contribution >= 0.6 is 0 Å². The fourth-order valence-corrected chi connectivity index (χ4v) is 1.71. The average molecular weight is 247 g/mol. The molecular weight excluding hydrogens is 230 g/mol. The maximum Gasteiger partial charge on any atom is 0.308 e. The summed E-state index contributed by atoms with van der Waals surface area (Å²) in [5.74, 6) is -0.686. The predicted molar refractivity (Wildman–Crippen MR) is 68.2 cm³/mol. The van der Waals surface area contributed by atoms with Crippen LogP contribution < -0.4 is 5.32 Å². The van der Waals surface area contributed by atoms with E-state index in [0.717, 1.165) is 12.1 Å². The molecule has 1 aromatic rings. The number of aliphatic carboxylic acids is 1. The van der Waals surface area contributed by atoms with Gasteiger partial charge in [-0.05, 0) is 25.5 Å². The molecule has 0 fully saturated rings. The van der Waals surface area contributed by atoms with E-state index in [1.807, 2.05) is 13.0 Å². The number of carboxylic acid groups (broad SMARTS) is 1. The van der Waals surface area contributed by atoms with Crippen LogP contribution in [0.4, 0.5) is 5.82 Å². The monoisotopic (exact) mass is 247 g/mol. The van der Waals surface area contributed by atoms with Crippen LogP contribution in [-0.4, -0.2) is 22.6 Å². The number of aryl methyl sites for hydroxylation is 1. The molecule has 2 N–H and O–H groups in total. The van der Waals surface area contributed by atoms with Gasteiger partial charge >= 0.3 is 5.97 Å². The average Bonchev–Trinajstić information content (AvgIpc) is 2.33. The molecule has 0 aromatic carbocycles. The molecule has 0 bridgehead atoms. The van der Waals surface area contributed by atoms with Crippen LogP contribution in [0, 0.1) is 24.2 Å². The molecule has 1 unspecified atom stereocenters. The molecule has 1 heterocycles. The van der Waals surface area contributed by atoms with Crippen LogP contribution in [0.5, 0.6) is 0 Å². The van der Waals surface area contributed by atoms with Gasteiger partial charge < -0.3 is 10.4 Å². The highest BCUT2D eigenvalue weighted by Gasteiger charge is 2.16. The number of carbonyl (C=O) groups is 1. The van der Waals surface area contributed by atoms with Gasteiger partial charge in [0, 0.05) is 12.2 Å². The van der Waals surface area contributed by atoms with Crippen molar-refractivity contribution in [2.24, 2.45) is 5.92 Å². The summed E-state index contributed by atoms with van der Waals surface area (Å²) < 4.78 is 0. The molecular formula is C13H17N3O2. The van der Waals surface area contributed by atoms with Gasteiger partial charge in [-0.25, -0.2) is 4.98 Å². The second kappa shape index (κ2) is 6.60. The van der Waals surface area contributed by atoms with E-state index in [1.54, 1.807) is 19.1 Å². The molecule has 1 atom stereocenters. The number of nitriles is 1. The molecule has 0 radical (unpaired) electrons. The minimum Gasteiger partial charge on any atom is -0.481 e. The number of hydrogen-bond acceptors (Lipinski definition) is 4. The van der Waals surface area contributed by atoms with E-state index in [1.165, 1.54) is 0 Å². The zero-order valence-electron chi connectivity index (χ0n) is 10.6. The molecule has 0 aliphatic carbocycles. The molecule has 0 saturated carbocycles. The lowest BCUT2D eigenvalue weighted by atomic mass is 10.0. The lowest BCUT2D eigenvalue weighted by Crippen LogP contribution is -2.23. The fraction of sp³-hybridized carbons (Fsp3) is 0.462. The van der Waals surface area contributed by atoms with Crippen LogP contribution in [0.15, 0.2) is 12.1 Å². The number of rotatable bonds is 6. The quantitative estimate of drug-likeness (QED) is 0.804. The molecule has 18 heavy (non-hydrogen) atoms. The van der Waals surface area contributed by atoms with Crippen LogP contribution in [0.3, 0.4) is 0 Å². The second-order valence-corrected chi connectivity index (χ2v) is 4.20. The number of anilines is 1. The topological polar surface area (TPSA) is 86.0 Å². The van der Waals surface area contributed by atoms with Gasteiger partial charge in [-0.3, -0.25) is 4.79 Å². The summed E-state index contributed by atoms with van der Waals surface area (Å²) >= 11 is 0. The maximum absolute atomic E-state index is 11.0. The summed E-state index contributed by atoms with van der Waals surface area (Å²) in [5.41, 5.74) is 1.26. The van der Waals surface area contributed by atoms with Gasteiger partial charge in [0.2, 0.25) is 0 Å². The SMILES string of the molecule is CCCC(CNc1cc(C#N)cc(C)n1)C(=O)O. The van der Waals surface area contributed by atoms with Crippen molar-refractivity contribution in [3.63, 3.8) is 0 Å². The zero-order valence-corrected chi connectivity index (χ0v) is 10.6. The summed E-state index contributed by atoms with van der Waals surface area (Å²) in [7, 11) is 0. The van der Waals surface area contributed by atoms with Gasteiger partial charge in [0.1, 0.15) is 5.82 Å². The first kappa shape index (κ1) is 14.0. The van der Waals surface area contributed by atoms with E-state index in [9.17, 15) is 4.79 Å². The largest absolute Gasteiger partial charge is 0.481 e. The number of carboxylic acids is 1. The van der Waals surface area contributed by atoms with Gasteiger partial charge in [-0.15, -0.1) is 0 Å². The Morgan fingerprint density at radius 3 is 2.89 bits per heavy atom. The van der Waals surface area contributed by atoms with E-state index >= 15 is 0 Å². The van der Waals surface area contributed by atoms with Crippen LogP contribution in [0.1, 0.15) is 31.0 Å². The van der Waals surface area contributed by atoms with Crippen LogP contribution in [0.2, 0.25) is 0 Å². The first-order chi connectivity index (χ1) is 8.56. The molecule has 5 nitrogen and oxygen atoms in total. The van der Waals surface area contributed by atoms with Crippen LogP contribution in [-0.2, 0) is 4.79 Å². The van der Waals surface area contributed by atoms with Crippen molar-refractivity contribution >= 4 is 11.8 Å². The third kappa shape index (κ3) is 4.06. The Kier molecular flexibility index (Phi) is 5.12. The Bertz CT molecular complexity index is 466. The highest BCUT2D eigenvalue weighted by Crippen LogP contribution is 2.12. The molecule has 5 heteroatoms. The Morgan fingerprint density at radius 1 is 1.61 bits per heavy atom. The van der Waals surface area contributed by atoms with E-state index in [4.69, 9.17) is 10.4 Å². The zero-order chi connectivity index (χ0) is 13.5. The molecule has 0 aliphatic rings. The smallest absolute Gasteiger partial charge is 0.308 e. The van der Waals surface area contributed by atoms with Crippen molar-refractivity contribution in [2.45, 2.75) is 26.7 Å². The Hall–Kier alpha value is -2.09. The van der Waals surface area contributed by atoms with E-state index in [2.05, 4.69) is 10.3 Å². The highest BCUT2D eigenvalue weighted by atomic mass is 16.4. The lowest BCUT2D eigenvalue weighted by molar-refractivity contribution is -0.141. The molecule has 0 saturated heterocycles. The van der Waals surface area contributed by atoms with Crippen molar-refractivity contribution in [1.82, 2.24) is 4.98 Å². The first-order valence-electron chi connectivity index (χ1n) is 5.92. The van der Waals surface area contributed by atoms with Crippen molar-refractivity contribution in [2.75, 3.05) is 11.9 Å². The summed E-state index contributed by atoms with van der Waals surface area (Å²) in [4.78, 5) is 15.2. The number of aromatic nitrogens is 1. The van der Waals surface area contributed by atoms with Gasteiger partial charge in [0.15, 0.2) is 0 Å². The standard InChI is InChI=1S/C13H17N3O2/c1-3-4-11(13(17)18)8-15-12-6-10(7-14)5-9(2)16-12/h5-6,11H,3-4,8H2,1-2H3,(H,15,16)(H,17,18). The van der Waals surface area contributed by atoms with Gasteiger partial charge in [0.05, 0.1) is 17.6 Å². The summed E-state index contributed by atoms with van der Waals surface area (Å²) in [6, 6.07) is 5.36. The number of hydrogen-bond donors (Lipinski definition) is 2. The van der Waals surface area contributed by atoms with Gasteiger partial charge in [-0.2, -0.15) is 5.26 Å². The van der Waals surface area contributed by atoms with Crippen molar-refractivity contribution < 1.29 is 9.90 Å².